The van der Waals surface area contributed by atoms with Gasteiger partial charge in [0.2, 0.25) is 0 Å². The van der Waals surface area contributed by atoms with Gasteiger partial charge in [0.1, 0.15) is 17.2 Å². The van der Waals surface area contributed by atoms with Gasteiger partial charge in [0.05, 0.1) is 31.8 Å². The number of hydrogen-bond donors (Lipinski definition) is 0. The lowest BCUT2D eigenvalue weighted by Gasteiger charge is -2.10. The molecular weight excluding hydrogens is 440 g/mol. The van der Waals surface area contributed by atoms with Crippen molar-refractivity contribution in [3.05, 3.63) is 54.1 Å². The minimum Gasteiger partial charge on any atom is -0.497 e. The maximum absolute atomic E-state index is 12.2. The van der Waals surface area contributed by atoms with Crippen molar-refractivity contribution in [1.82, 2.24) is 0 Å². The third-order valence-corrected chi connectivity index (χ3v) is 4.95. The highest BCUT2D eigenvalue weighted by Gasteiger charge is 2.17. The van der Waals surface area contributed by atoms with Gasteiger partial charge in [-0.15, -0.1) is 0 Å². The molecule has 0 radical (unpaired) electrons. The van der Waals surface area contributed by atoms with E-state index in [9.17, 15) is 19.2 Å². The lowest BCUT2D eigenvalue weighted by Crippen LogP contribution is -2.19. The van der Waals surface area contributed by atoms with Crippen molar-refractivity contribution >= 4 is 24.0 Å². The van der Waals surface area contributed by atoms with Crippen LogP contribution < -0.4 is 14.2 Å². The topological polar surface area (TPSA) is 105 Å². The van der Waals surface area contributed by atoms with Gasteiger partial charge in [-0.2, -0.15) is 0 Å². The summed E-state index contributed by atoms with van der Waals surface area (Å²) in [6, 6.07) is 13.5. The Morgan fingerprint density at radius 3 is 2.03 bits per heavy atom. The van der Waals surface area contributed by atoms with E-state index in [-0.39, 0.29) is 19.3 Å². The maximum atomic E-state index is 12.2. The fraction of sp³-hybridized carbons (Fsp3) is 0.385. The van der Waals surface area contributed by atoms with Crippen LogP contribution in [0.2, 0.25) is 0 Å². The van der Waals surface area contributed by atoms with Crippen LogP contribution in [0, 0.1) is 5.92 Å². The predicted octanol–water partition coefficient (Wildman–Crippen LogP) is 4.19. The monoisotopic (exact) mass is 470 g/mol. The largest absolute Gasteiger partial charge is 0.497 e. The second-order valence-electron chi connectivity index (χ2n) is 7.71. The smallest absolute Gasteiger partial charge is 0.343 e. The zero-order valence-corrected chi connectivity index (χ0v) is 19.5. The average Bonchev–Trinajstić information content (AvgIpc) is 2.86. The molecule has 0 heterocycles. The Balaban J connectivity index is 1.57. The molecule has 0 N–H and O–H groups in total. The molecule has 0 aliphatic carbocycles. The number of methoxy groups -OCH3 is 1. The van der Waals surface area contributed by atoms with Crippen molar-refractivity contribution in [2.45, 2.75) is 39.0 Å². The molecular formula is C26H30O8. The molecule has 8 heteroatoms. The van der Waals surface area contributed by atoms with Gasteiger partial charge in [-0.05, 0) is 74.2 Å². The quantitative estimate of drug-likeness (QED) is 0.125. The Bertz CT molecular complexity index is 934. The summed E-state index contributed by atoms with van der Waals surface area (Å²) >= 11 is 0. The van der Waals surface area contributed by atoms with E-state index >= 15 is 0 Å². The lowest BCUT2D eigenvalue weighted by molar-refractivity contribution is -0.149. The fourth-order valence-corrected chi connectivity index (χ4v) is 2.99. The van der Waals surface area contributed by atoms with Crippen LogP contribution in [0.4, 0.5) is 0 Å². The molecule has 34 heavy (non-hydrogen) atoms. The molecule has 2 rings (SSSR count). The van der Waals surface area contributed by atoms with Gasteiger partial charge in [0, 0.05) is 6.42 Å². The Labute approximate surface area is 199 Å². The highest BCUT2D eigenvalue weighted by atomic mass is 16.5. The van der Waals surface area contributed by atoms with Crippen molar-refractivity contribution in [1.29, 1.82) is 0 Å². The lowest BCUT2D eigenvalue weighted by atomic mass is 10.1. The van der Waals surface area contributed by atoms with Crippen molar-refractivity contribution in [3.63, 3.8) is 0 Å². The summed E-state index contributed by atoms with van der Waals surface area (Å²) in [5.74, 6) is -0.360. The summed E-state index contributed by atoms with van der Waals surface area (Å²) in [7, 11) is 1.56. The molecule has 182 valence electrons. The maximum Gasteiger partial charge on any atom is 0.343 e. The van der Waals surface area contributed by atoms with Gasteiger partial charge in [0.15, 0.2) is 12.1 Å². The van der Waals surface area contributed by atoms with E-state index < -0.39 is 23.6 Å². The molecule has 2 aromatic carbocycles. The van der Waals surface area contributed by atoms with Gasteiger partial charge >= 0.3 is 11.9 Å². The minimum atomic E-state index is -0.608. The Morgan fingerprint density at radius 2 is 1.41 bits per heavy atom. The van der Waals surface area contributed by atoms with E-state index in [0.29, 0.717) is 35.8 Å². The first-order chi connectivity index (χ1) is 16.4. The highest BCUT2D eigenvalue weighted by Crippen LogP contribution is 2.20. The van der Waals surface area contributed by atoms with Gasteiger partial charge in [-0.25, -0.2) is 4.79 Å². The van der Waals surface area contributed by atoms with Gasteiger partial charge < -0.3 is 18.9 Å². The Hall–Kier alpha value is -3.68. The molecule has 0 saturated heterocycles. The molecule has 0 aliphatic heterocycles. The Kier molecular flexibility index (Phi) is 11.3. The number of hydrogen-bond acceptors (Lipinski definition) is 8. The molecule has 0 spiro atoms. The van der Waals surface area contributed by atoms with E-state index in [1.54, 1.807) is 62.6 Å². The van der Waals surface area contributed by atoms with Gasteiger partial charge in [-0.3, -0.25) is 14.4 Å². The number of benzene rings is 2. The number of Topliss-reactive ketones (excluding diaryl/α,β-unsaturated/α-hetero) is 1. The van der Waals surface area contributed by atoms with Crippen molar-refractivity contribution in [2.75, 3.05) is 20.3 Å². The third kappa shape index (κ3) is 9.44. The fourth-order valence-electron chi connectivity index (χ4n) is 2.99. The zero-order chi connectivity index (χ0) is 24.8. The van der Waals surface area contributed by atoms with Crippen LogP contribution in [0.15, 0.2) is 48.5 Å². The molecule has 0 fully saturated rings. The highest BCUT2D eigenvalue weighted by molar-refractivity contribution is 6.25. The summed E-state index contributed by atoms with van der Waals surface area (Å²) in [6.07, 6.45) is 3.44. The number of esters is 2. The molecule has 0 bridgehead atoms. The first-order valence-corrected chi connectivity index (χ1v) is 11.2. The number of aldehydes is 1. The minimum absolute atomic E-state index is 0.119. The van der Waals surface area contributed by atoms with Crippen LogP contribution in [0.5, 0.6) is 17.2 Å². The van der Waals surface area contributed by atoms with Crippen LogP contribution in [0.25, 0.3) is 0 Å². The summed E-state index contributed by atoms with van der Waals surface area (Å²) in [5, 5.41) is 0. The van der Waals surface area contributed by atoms with Crippen LogP contribution in [-0.4, -0.2) is 44.3 Å². The molecule has 0 saturated carbocycles. The summed E-state index contributed by atoms with van der Waals surface area (Å²) in [5.41, 5.74) is 0.429. The van der Waals surface area contributed by atoms with Crippen LogP contribution in [-0.2, 0) is 19.1 Å². The van der Waals surface area contributed by atoms with Crippen molar-refractivity contribution in [3.8, 4) is 17.2 Å². The predicted molar refractivity (Wildman–Crippen MR) is 124 cm³/mol. The summed E-state index contributed by atoms with van der Waals surface area (Å²) in [4.78, 5) is 45.3. The second-order valence-corrected chi connectivity index (χ2v) is 7.71. The standard InChI is InChI=1S/C26H30O8/c1-19(17-21(28)18-27)25(29)33-16-6-4-3-5-15-32-23-11-13-24(14-12-23)34-26(30)20-7-9-22(31-2)10-8-20/h7-14,18-19H,3-6,15-17H2,1-2H3. The van der Waals surface area contributed by atoms with Crippen LogP contribution in [0.3, 0.4) is 0 Å². The number of rotatable bonds is 15. The van der Waals surface area contributed by atoms with Gasteiger partial charge in [-0.1, -0.05) is 6.92 Å². The van der Waals surface area contributed by atoms with E-state index in [1.165, 1.54) is 0 Å². The van der Waals surface area contributed by atoms with Crippen LogP contribution >= 0.6 is 0 Å². The normalized spacial score (nSPS) is 11.2. The van der Waals surface area contributed by atoms with E-state index in [1.807, 2.05) is 0 Å². The van der Waals surface area contributed by atoms with Crippen LogP contribution in [0.1, 0.15) is 49.4 Å². The Morgan fingerprint density at radius 1 is 0.824 bits per heavy atom. The molecule has 0 aromatic heterocycles. The zero-order valence-electron chi connectivity index (χ0n) is 19.5. The number of ether oxygens (including phenoxy) is 4. The third-order valence-electron chi connectivity index (χ3n) is 4.95. The first kappa shape index (κ1) is 26.6. The molecule has 2 aromatic rings. The van der Waals surface area contributed by atoms with Gasteiger partial charge in [0.25, 0.3) is 0 Å². The molecule has 1 atom stereocenters. The molecule has 0 aliphatic rings. The number of carbonyl (C=O) groups excluding carboxylic acids is 4. The van der Waals surface area contributed by atoms with E-state index in [0.717, 1.165) is 19.3 Å². The first-order valence-electron chi connectivity index (χ1n) is 11.2. The molecule has 8 nitrogen and oxygen atoms in total. The SMILES string of the molecule is COc1ccc(C(=O)Oc2ccc(OCCCCCCOC(=O)C(C)CC(=O)C=O)cc2)cc1. The van der Waals surface area contributed by atoms with E-state index in [4.69, 9.17) is 18.9 Å². The number of carbonyl (C=O) groups is 4. The van der Waals surface area contributed by atoms with Crippen molar-refractivity contribution < 1.29 is 38.1 Å². The van der Waals surface area contributed by atoms with E-state index in [2.05, 4.69) is 0 Å². The second kappa shape index (κ2) is 14.5. The molecule has 1 unspecified atom stereocenters. The summed E-state index contributed by atoms with van der Waals surface area (Å²) in [6.45, 7) is 2.39. The number of unbranched alkanes of at least 4 members (excludes halogenated alkanes) is 3. The summed E-state index contributed by atoms with van der Waals surface area (Å²) < 4.78 is 21.3. The van der Waals surface area contributed by atoms with Crippen molar-refractivity contribution in [2.24, 2.45) is 5.92 Å². The molecule has 0 amide bonds. The average molecular weight is 471 g/mol. The number of ketones is 1.